The van der Waals surface area contributed by atoms with Crippen molar-refractivity contribution in [2.24, 2.45) is 5.92 Å². The van der Waals surface area contributed by atoms with Crippen molar-refractivity contribution in [2.45, 2.75) is 19.4 Å². The van der Waals surface area contributed by atoms with Crippen molar-refractivity contribution in [2.75, 3.05) is 19.6 Å². The molecule has 62 valence electrons. The van der Waals surface area contributed by atoms with Gasteiger partial charge in [0.1, 0.15) is 0 Å². The predicted molar refractivity (Wildman–Crippen MR) is 42.2 cm³/mol. The lowest BCUT2D eigenvalue weighted by atomic mass is 9.91. The molecule has 2 bridgehead atoms. The lowest BCUT2D eigenvalue weighted by molar-refractivity contribution is -0.137. The maximum atomic E-state index is 11.3. The van der Waals surface area contributed by atoms with Crippen molar-refractivity contribution in [3.8, 4) is 0 Å². The molecule has 0 radical (unpaired) electrons. The van der Waals surface area contributed by atoms with E-state index in [1.165, 1.54) is 0 Å². The first-order chi connectivity index (χ1) is 5.27. The maximum Gasteiger partial charge on any atom is 0.222 e. The van der Waals surface area contributed by atoms with E-state index in [1.807, 2.05) is 4.90 Å². The van der Waals surface area contributed by atoms with E-state index in [2.05, 4.69) is 12.2 Å². The van der Waals surface area contributed by atoms with Gasteiger partial charge in [-0.15, -0.1) is 0 Å². The Morgan fingerprint density at radius 3 is 3.27 bits per heavy atom. The molecule has 2 atom stereocenters. The zero-order chi connectivity index (χ0) is 7.84. The van der Waals surface area contributed by atoms with Crippen LogP contribution in [0.15, 0.2) is 0 Å². The highest BCUT2D eigenvalue weighted by molar-refractivity contribution is 5.77. The summed E-state index contributed by atoms with van der Waals surface area (Å²) >= 11 is 0. The number of piperidine rings is 1. The normalized spacial score (nSPS) is 37.5. The van der Waals surface area contributed by atoms with Crippen LogP contribution in [0.25, 0.3) is 0 Å². The summed E-state index contributed by atoms with van der Waals surface area (Å²) in [6.07, 6.45) is 0.734. The second-order valence-corrected chi connectivity index (χ2v) is 3.58. The summed E-state index contributed by atoms with van der Waals surface area (Å²) in [5, 5.41) is 3.43. The fraction of sp³-hybridized carbons (Fsp3) is 0.875. The third-order valence-electron chi connectivity index (χ3n) is 2.74. The zero-order valence-electron chi connectivity index (χ0n) is 6.84. The largest absolute Gasteiger partial charge is 0.340 e. The van der Waals surface area contributed by atoms with Gasteiger partial charge in [-0.1, -0.05) is 6.92 Å². The molecule has 11 heavy (non-hydrogen) atoms. The van der Waals surface area contributed by atoms with Gasteiger partial charge in [-0.25, -0.2) is 0 Å². The van der Waals surface area contributed by atoms with Crippen LogP contribution in [-0.2, 0) is 4.79 Å². The molecule has 0 aromatic heterocycles. The van der Waals surface area contributed by atoms with Gasteiger partial charge in [0.2, 0.25) is 5.91 Å². The number of hydrogen-bond donors (Lipinski definition) is 1. The van der Waals surface area contributed by atoms with Crippen LogP contribution in [0.4, 0.5) is 0 Å². The van der Waals surface area contributed by atoms with Gasteiger partial charge >= 0.3 is 0 Å². The van der Waals surface area contributed by atoms with Crippen LogP contribution in [0.3, 0.4) is 0 Å². The Labute approximate surface area is 66.8 Å². The quantitative estimate of drug-likeness (QED) is 0.525. The number of rotatable bonds is 0. The number of nitrogens with zero attached hydrogens (tertiary/aromatic N) is 1. The Morgan fingerprint density at radius 1 is 1.64 bits per heavy atom. The van der Waals surface area contributed by atoms with Crippen LogP contribution in [0.5, 0.6) is 0 Å². The van der Waals surface area contributed by atoms with Crippen LogP contribution >= 0.6 is 0 Å². The highest BCUT2D eigenvalue weighted by Crippen LogP contribution is 2.20. The summed E-state index contributed by atoms with van der Waals surface area (Å²) in [6, 6.07) is 0.557. The Balaban J connectivity index is 2.11. The van der Waals surface area contributed by atoms with Gasteiger partial charge in [-0.3, -0.25) is 4.79 Å². The van der Waals surface area contributed by atoms with E-state index in [9.17, 15) is 4.79 Å². The summed E-state index contributed by atoms with van der Waals surface area (Å²) in [6.45, 7) is 4.96. The number of nitrogens with one attached hydrogen (secondary N) is 1. The van der Waals surface area contributed by atoms with Crippen molar-refractivity contribution >= 4 is 5.91 Å². The van der Waals surface area contributed by atoms with Crippen molar-refractivity contribution in [1.82, 2.24) is 10.2 Å². The number of fused-ring (bicyclic) bond motifs is 2. The summed E-state index contributed by atoms with van der Waals surface area (Å²) in [4.78, 5) is 13.3. The lowest BCUT2D eigenvalue weighted by Gasteiger charge is -2.41. The molecule has 2 rings (SSSR count). The van der Waals surface area contributed by atoms with Gasteiger partial charge in [-0.05, 0) is 5.92 Å². The molecule has 3 nitrogen and oxygen atoms in total. The second kappa shape index (κ2) is 2.48. The Hall–Kier alpha value is -0.570. The fourth-order valence-corrected chi connectivity index (χ4v) is 1.93. The third kappa shape index (κ3) is 1.13. The standard InChI is InChI=1S/C8H14N2O/c1-6-4-8(11)10-3-2-9-7(6)5-10/h6-7,9H,2-5H2,1H3. The van der Waals surface area contributed by atoms with Crippen LogP contribution in [0, 0.1) is 5.92 Å². The van der Waals surface area contributed by atoms with Crippen LogP contribution in [-0.4, -0.2) is 36.5 Å². The zero-order valence-corrected chi connectivity index (χ0v) is 6.84. The van der Waals surface area contributed by atoms with E-state index in [-0.39, 0.29) is 0 Å². The summed E-state index contributed by atoms with van der Waals surface area (Å²) in [5.41, 5.74) is 0. The average Bonchev–Trinajstić information content (AvgIpc) is 2.02. The predicted octanol–water partition coefficient (Wildman–Crippen LogP) is -0.173. The maximum absolute atomic E-state index is 11.3. The van der Waals surface area contributed by atoms with E-state index < -0.39 is 0 Å². The molecule has 0 aliphatic carbocycles. The highest BCUT2D eigenvalue weighted by atomic mass is 16.2. The average molecular weight is 154 g/mol. The van der Waals surface area contributed by atoms with Gasteiger partial charge in [0.05, 0.1) is 0 Å². The van der Waals surface area contributed by atoms with Gasteiger partial charge < -0.3 is 10.2 Å². The molecule has 2 unspecified atom stereocenters. The van der Waals surface area contributed by atoms with E-state index in [0.717, 1.165) is 26.1 Å². The van der Waals surface area contributed by atoms with Crippen LogP contribution in [0.2, 0.25) is 0 Å². The third-order valence-corrected chi connectivity index (χ3v) is 2.74. The minimum absolute atomic E-state index is 0.343. The first-order valence-corrected chi connectivity index (χ1v) is 4.28. The summed E-state index contributed by atoms with van der Waals surface area (Å²) in [5.74, 6) is 0.870. The molecule has 2 saturated heterocycles. The molecule has 2 aliphatic heterocycles. The van der Waals surface area contributed by atoms with Crippen LogP contribution in [0.1, 0.15) is 13.3 Å². The van der Waals surface area contributed by atoms with Crippen molar-refractivity contribution in [3.05, 3.63) is 0 Å². The summed E-state index contributed by atoms with van der Waals surface area (Å²) in [7, 11) is 0. The fourth-order valence-electron chi connectivity index (χ4n) is 1.93. The van der Waals surface area contributed by atoms with Crippen LogP contribution < -0.4 is 5.32 Å². The van der Waals surface area contributed by atoms with E-state index in [1.54, 1.807) is 0 Å². The molecule has 1 N–H and O–H groups in total. The van der Waals surface area contributed by atoms with E-state index in [4.69, 9.17) is 0 Å². The van der Waals surface area contributed by atoms with E-state index in [0.29, 0.717) is 17.9 Å². The topological polar surface area (TPSA) is 32.3 Å². The number of piperazine rings is 1. The Bertz CT molecular complexity index is 181. The minimum Gasteiger partial charge on any atom is -0.340 e. The summed E-state index contributed by atoms with van der Waals surface area (Å²) < 4.78 is 0. The SMILES string of the molecule is CC1CC(=O)N2CCNC1C2. The molecule has 2 fully saturated rings. The molecule has 2 heterocycles. The van der Waals surface area contributed by atoms with Gasteiger partial charge in [0.25, 0.3) is 0 Å². The second-order valence-electron chi connectivity index (χ2n) is 3.58. The number of carbonyl (C=O) groups excluding carboxylic acids is 1. The Morgan fingerprint density at radius 2 is 2.45 bits per heavy atom. The van der Waals surface area contributed by atoms with Gasteiger partial charge in [0, 0.05) is 32.1 Å². The van der Waals surface area contributed by atoms with Crippen molar-refractivity contribution < 1.29 is 4.79 Å². The molecule has 0 aromatic carbocycles. The molecule has 0 saturated carbocycles. The first-order valence-electron chi connectivity index (χ1n) is 4.28. The molecular formula is C8H14N2O. The smallest absolute Gasteiger partial charge is 0.222 e. The molecular weight excluding hydrogens is 140 g/mol. The Kier molecular flexibility index (Phi) is 1.60. The van der Waals surface area contributed by atoms with Crippen molar-refractivity contribution in [3.63, 3.8) is 0 Å². The van der Waals surface area contributed by atoms with Crippen molar-refractivity contribution in [1.29, 1.82) is 0 Å². The molecule has 0 spiro atoms. The monoisotopic (exact) mass is 154 g/mol. The van der Waals surface area contributed by atoms with Gasteiger partial charge in [0.15, 0.2) is 0 Å². The number of carbonyl (C=O) groups is 1. The molecule has 0 aromatic rings. The highest BCUT2D eigenvalue weighted by Gasteiger charge is 2.33. The minimum atomic E-state index is 0.343. The lowest BCUT2D eigenvalue weighted by Crippen LogP contribution is -2.59. The number of amides is 1. The number of hydrogen-bond acceptors (Lipinski definition) is 2. The van der Waals surface area contributed by atoms with Gasteiger partial charge in [-0.2, -0.15) is 0 Å². The molecule has 2 aliphatic rings. The first kappa shape index (κ1) is 7.10. The molecule has 3 heteroatoms. The van der Waals surface area contributed by atoms with E-state index >= 15 is 0 Å². The molecule has 1 amide bonds.